The summed E-state index contributed by atoms with van der Waals surface area (Å²) in [5, 5.41) is 12.2. The zero-order valence-corrected chi connectivity index (χ0v) is 17.0. The van der Waals surface area contributed by atoms with Gasteiger partial charge in [-0.1, -0.05) is 20.8 Å². The summed E-state index contributed by atoms with van der Waals surface area (Å²) in [7, 11) is 0. The number of halogens is 2. The molecule has 1 aliphatic rings. The first-order valence-corrected chi connectivity index (χ1v) is 9.41. The fraction of sp³-hybridized carbons (Fsp3) is 0.444. The third-order valence-corrected chi connectivity index (χ3v) is 5.44. The van der Waals surface area contributed by atoms with E-state index < -0.39 is 11.9 Å². The quantitative estimate of drug-likeness (QED) is 0.659. The highest BCUT2D eigenvalue weighted by Crippen LogP contribution is 2.33. The van der Waals surface area contributed by atoms with Crippen molar-refractivity contribution in [2.45, 2.75) is 26.8 Å². The molecule has 9 heteroatoms. The van der Waals surface area contributed by atoms with Crippen LogP contribution >= 0.6 is 15.9 Å². The molecule has 0 spiro atoms. The van der Waals surface area contributed by atoms with Crippen LogP contribution in [0.3, 0.4) is 0 Å². The van der Waals surface area contributed by atoms with E-state index in [1.165, 1.54) is 17.2 Å². The van der Waals surface area contributed by atoms with E-state index in [1.54, 1.807) is 6.07 Å². The van der Waals surface area contributed by atoms with Crippen LogP contribution in [-0.2, 0) is 0 Å². The van der Waals surface area contributed by atoms with Crippen LogP contribution in [0.1, 0.15) is 20.8 Å². The number of piperazine rings is 1. The minimum atomic E-state index is -0.914. The van der Waals surface area contributed by atoms with Crippen molar-refractivity contribution >= 4 is 44.3 Å². The minimum Gasteiger partial charge on any atom is -0.465 e. The number of aromatic nitrogens is 1. The number of carboxylic acid groups (broad SMARTS) is 1. The lowest BCUT2D eigenvalue weighted by Gasteiger charge is -2.46. The second kappa shape index (κ2) is 7.12. The number of hydrogen-bond acceptors (Lipinski definition) is 5. The number of rotatable bonds is 2. The summed E-state index contributed by atoms with van der Waals surface area (Å²) in [6.45, 7) is 7.45. The van der Waals surface area contributed by atoms with E-state index in [0.717, 1.165) is 0 Å². The lowest BCUT2D eigenvalue weighted by atomic mass is 9.84. The molecule has 0 radical (unpaired) electrons. The molecular formula is C18H23BrFN5O2. The maximum Gasteiger partial charge on any atom is 0.407 e. The van der Waals surface area contributed by atoms with Gasteiger partial charge in [0.2, 0.25) is 0 Å². The Balaban J connectivity index is 1.92. The van der Waals surface area contributed by atoms with Gasteiger partial charge in [-0.25, -0.2) is 14.2 Å². The van der Waals surface area contributed by atoms with Crippen LogP contribution in [0.2, 0.25) is 0 Å². The first kappa shape index (κ1) is 19.6. The van der Waals surface area contributed by atoms with E-state index in [0.29, 0.717) is 46.4 Å². The van der Waals surface area contributed by atoms with Crippen LogP contribution < -0.4 is 11.2 Å². The number of anilines is 2. The zero-order valence-electron chi connectivity index (χ0n) is 15.5. The van der Waals surface area contributed by atoms with Gasteiger partial charge in [-0.05, 0) is 27.4 Å². The summed E-state index contributed by atoms with van der Waals surface area (Å²) in [6.07, 6.45) is 0.579. The summed E-state index contributed by atoms with van der Waals surface area (Å²) < 4.78 is 14.2. The van der Waals surface area contributed by atoms with Gasteiger partial charge in [-0.15, -0.1) is 0 Å². The van der Waals surface area contributed by atoms with Crippen molar-refractivity contribution in [1.82, 2.24) is 14.9 Å². The van der Waals surface area contributed by atoms with Gasteiger partial charge in [-0.3, -0.25) is 4.98 Å². The molecule has 0 aliphatic carbocycles. The molecule has 0 saturated carbocycles. The topological polar surface area (TPSA) is 94.7 Å². The number of amides is 1. The second-order valence-electron chi connectivity index (χ2n) is 7.79. The van der Waals surface area contributed by atoms with Gasteiger partial charge in [-0.2, -0.15) is 0 Å². The van der Waals surface area contributed by atoms with Gasteiger partial charge in [0.05, 0.1) is 33.6 Å². The second-order valence-corrected chi connectivity index (χ2v) is 8.64. The third-order valence-electron chi connectivity index (χ3n) is 4.84. The zero-order chi connectivity index (χ0) is 19.9. The normalized spacial score (nSPS) is 18.7. The molecule has 1 amide bonds. The van der Waals surface area contributed by atoms with Gasteiger partial charge < -0.3 is 21.2 Å². The Kier molecular flexibility index (Phi) is 5.18. The predicted octanol–water partition coefficient (Wildman–Crippen LogP) is 3.76. The standard InChI is InChI=1S/C18H23BrFN5O2/c1-18(2,3)15-9-24(4-5-25(15)17(26)27)23-16-10-6-11(19)12(20)7-14(10)22-8-13(16)21/h6-8,15H,4-5,9,21H2,1-3H3,(H,22,23)(H,26,27). The number of fused-ring (bicyclic) bond motifs is 1. The first-order chi connectivity index (χ1) is 12.6. The van der Waals surface area contributed by atoms with Gasteiger partial charge in [0, 0.05) is 31.1 Å². The van der Waals surface area contributed by atoms with Crippen LogP contribution in [0, 0.1) is 11.2 Å². The monoisotopic (exact) mass is 439 g/mol. The number of hydrazine groups is 1. The highest BCUT2D eigenvalue weighted by molar-refractivity contribution is 9.10. The average Bonchev–Trinajstić information content (AvgIpc) is 2.58. The van der Waals surface area contributed by atoms with Crippen molar-refractivity contribution in [1.29, 1.82) is 0 Å². The molecule has 1 saturated heterocycles. The predicted molar refractivity (Wildman–Crippen MR) is 107 cm³/mol. The van der Waals surface area contributed by atoms with E-state index in [9.17, 15) is 14.3 Å². The summed E-state index contributed by atoms with van der Waals surface area (Å²) in [6, 6.07) is 2.81. The molecule has 0 bridgehead atoms. The molecule has 27 heavy (non-hydrogen) atoms. The maximum atomic E-state index is 13.8. The molecule has 1 fully saturated rings. The Morgan fingerprint density at radius 1 is 1.41 bits per heavy atom. The molecule has 1 aliphatic heterocycles. The highest BCUT2D eigenvalue weighted by Gasteiger charge is 2.38. The van der Waals surface area contributed by atoms with E-state index >= 15 is 0 Å². The SMILES string of the molecule is CC(C)(C)C1CN(Nc2c(N)cnc3cc(F)c(Br)cc23)CCN1C(=O)O. The van der Waals surface area contributed by atoms with Gasteiger partial charge >= 0.3 is 6.09 Å². The molecule has 2 heterocycles. The molecule has 1 aromatic heterocycles. The van der Waals surface area contributed by atoms with Gasteiger partial charge in [0.1, 0.15) is 5.82 Å². The van der Waals surface area contributed by atoms with Gasteiger partial charge in [0.15, 0.2) is 0 Å². The van der Waals surface area contributed by atoms with Gasteiger partial charge in [0.25, 0.3) is 0 Å². The van der Waals surface area contributed by atoms with Crippen molar-refractivity contribution in [3.63, 3.8) is 0 Å². The van der Waals surface area contributed by atoms with Crippen LogP contribution in [-0.4, -0.2) is 51.8 Å². The number of carbonyl (C=O) groups is 1. The smallest absolute Gasteiger partial charge is 0.407 e. The fourth-order valence-electron chi connectivity index (χ4n) is 3.34. The van der Waals surface area contributed by atoms with E-state index in [4.69, 9.17) is 5.73 Å². The number of nitrogens with one attached hydrogen (secondary N) is 1. The largest absolute Gasteiger partial charge is 0.465 e. The third kappa shape index (κ3) is 3.93. The van der Waals surface area contributed by atoms with E-state index in [-0.39, 0.29) is 11.5 Å². The number of nitrogens with two attached hydrogens (primary N) is 1. The summed E-state index contributed by atoms with van der Waals surface area (Å²) in [5.74, 6) is -0.395. The number of nitrogen functional groups attached to an aromatic ring is 1. The molecule has 1 aromatic carbocycles. The molecule has 4 N–H and O–H groups in total. The van der Waals surface area contributed by atoms with Crippen LogP contribution in [0.25, 0.3) is 10.9 Å². The van der Waals surface area contributed by atoms with Crippen molar-refractivity contribution in [2.24, 2.45) is 5.41 Å². The molecule has 146 valence electrons. The Bertz CT molecular complexity index is 886. The first-order valence-electron chi connectivity index (χ1n) is 8.62. The van der Waals surface area contributed by atoms with Crippen molar-refractivity contribution in [3.8, 4) is 0 Å². The lowest BCUT2D eigenvalue weighted by molar-refractivity contribution is 0.0302. The molecule has 1 unspecified atom stereocenters. The van der Waals surface area contributed by atoms with Crippen LogP contribution in [0.5, 0.6) is 0 Å². The molecule has 3 rings (SSSR count). The van der Waals surface area contributed by atoms with Crippen molar-refractivity contribution in [3.05, 3.63) is 28.6 Å². The van der Waals surface area contributed by atoms with Crippen LogP contribution in [0.15, 0.2) is 22.8 Å². The minimum absolute atomic E-state index is 0.185. The van der Waals surface area contributed by atoms with E-state index in [1.807, 2.05) is 25.8 Å². The van der Waals surface area contributed by atoms with Crippen molar-refractivity contribution in [2.75, 3.05) is 30.8 Å². The van der Waals surface area contributed by atoms with Crippen LogP contribution in [0.4, 0.5) is 20.6 Å². The number of benzene rings is 1. The summed E-state index contributed by atoms with van der Waals surface area (Å²) in [4.78, 5) is 17.3. The van der Waals surface area contributed by atoms with Crippen molar-refractivity contribution < 1.29 is 14.3 Å². The summed E-state index contributed by atoms with van der Waals surface area (Å²) >= 11 is 3.20. The highest BCUT2D eigenvalue weighted by atomic mass is 79.9. The Hall–Kier alpha value is -2.13. The summed E-state index contributed by atoms with van der Waals surface area (Å²) in [5.41, 5.74) is 10.8. The number of hydrogen-bond donors (Lipinski definition) is 3. The average molecular weight is 440 g/mol. The fourth-order valence-corrected chi connectivity index (χ4v) is 3.68. The number of pyridine rings is 1. The molecular weight excluding hydrogens is 417 g/mol. The number of nitrogens with zero attached hydrogens (tertiary/aromatic N) is 3. The molecule has 2 aromatic rings. The Morgan fingerprint density at radius 2 is 2.11 bits per heavy atom. The lowest BCUT2D eigenvalue weighted by Crippen LogP contribution is -2.60. The maximum absolute atomic E-state index is 13.8. The molecule has 7 nitrogen and oxygen atoms in total. The Morgan fingerprint density at radius 3 is 2.74 bits per heavy atom. The Labute approximate surface area is 165 Å². The molecule has 1 atom stereocenters. The van der Waals surface area contributed by atoms with E-state index in [2.05, 4.69) is 26.3 Å².